The van der Waals surface area contributed by atoms with Crippen LogP contribution in [0, 0.1) is 5.82 Å². The minimum Gasteiger partial charge on any atom is -0.331 e. The second-order valence-electron chi connectivity index (χ2n) is 3.28. The quantitative estimate of drug-likeness (QED) is 0.598. The fraction of sp³-hybridized carbons (Fsp3) is 0.167. The Morgan fingerprint density at radius 1 is 1.47 bits per heavy atom. The zero-order valence-electron chi connectivity index (χ0n) is 9.20. The Bertz CT molecular complexity index is 438. The molecule has 1 heterocycles. The van der Waals surface area contributed by atoms with Crippen LogP contribution >= 0.6 is 11.6 Å². The molecule has 1 amide bonds. The lowest BCUT2D eigenvalue weighted by Gasteiger charge is -2.19. The maximum absolute atomic E-state index is 13.0. The number of carbonyl (C=O) groups excluding carboxylic acids is 1. The van der Waals surface area contributed by atoms with Crippen LogP contribution < -0.4 is 0 Å². The van der Waals surface area contributed by atoms with E-state index in [1.807, 2.05) is 0 Å². The molecule has 0 spiro atoms. The third-order valence-corrected chi connectivity index (χ3v) is 2.32. The first-order chi connectivity index (χ1) is 8.10. The topological polar surface area (TPSA) is 33.2 Å². The van der Waals surface area contributed by atoms with Crippen LogP contribution in [0.25, 0.3) is 0 Å². The van der Waals surface area contributed by atoms with Crippen molar-refractivity contribution in [3.05, 3.63) is 54.1 Å². The summed E-state index contributed by atoms with van der Waals surface area (Å²) in [6, 6.07) is 1.07. The van der Waals surface area contributed by atoms with E-state index in [1.54, 1.807) is 12.2 Å². The Balaban J connectivity index is 3.03. The first-order valence-corrected chi connectivity index (χ1v) is 5.30. The van der Waals surface area contributed by atoms with E-state index in [9.17, 15) is 9.18 Å². The Hall–Kier alpha value is -1.68. The van der Waals surface area contributed by atoms with Gasteiger partial charge in [-0.15, -0.1) is 13.2 Å². The van der Waals surface area contributed by atoms with E-state index >= 15 is 0 Å². The number of rotatable bonds is 5. The maximum atomic E-state index is 13.0. The second kappa shape index (κ2) is 6.15. The molecule has 0 aromatic carbocycles. The highest BCUT2D eigenvalue weighted by Crippen LogP contribution is 2.16. The minimum atomic E-state index is -0.602. The number of aromatic nitrogens is 1. The number of carbonyl (C=O) groups is 1. The van der Waals surface area contributed by atoms with E-state index in [0.717, 1.165) is 12.3 Å². The highest BCUT2D eigenvalue weighted by atomic mass is 35.5. The molecule has 1 aromatic heterocycles. The first kappa shape index (κ1) is 13.4. The van der Waals surface area contributed by atoms with Crippen LogP contribution in [0.2, 0.25) is 5.15 Å². The third kappa shape index (κ3) is 3.39. The van der Waals surface area contributed by atoms with Crippen LogP contribution in [0.3, 0.4) is 0 Å². The molecule has 0 saturated heterocycles. The fourth-order valence-corrected chi connectivity index (χ4v) is 1.48. The summed E-state index contributed by atoms with van der Waals surface area (Å²) in [6.45, 7) is 7.76. The number of pyridine rings is 1. The highest BCUT2D eigenvalue weighted by Gasteiger charge is 2.18. The summed E-state index contributed by atoms with van der Waals surface area (Å²) < 4.78 is 13.0. The molecule has 0 bridgehead atoms. The molecule has 0 radical (unpaired) electrons. The second-order valence-corrected chi connectivity index (χ2v) is 3.64. The summed E-state index contributed by atoms with van der Waals surface area (Å²) in [5.74, 6) is -1.00. The van der Waals surface area contributed by atoms with Crippen molar-refractivity contribution in [3.8, 4) is 0 Å². The molecule has 0 N–H and O–H groups in total. The molecule has 0 saturated carbocycles. The zero-order chi connectivity index (χ0) is 12.8. The molecule has 0 unspecified atom stereocenters. The molecule has 0 atom stereocenters. The first-order valence-electron chi connectivity index (χ1n) is 4.92. The molecule has 3 nitrogen and oxygen atoms in total. The largest absolute Gasteiger partial charge is 0.331 e. The molecule has 5 heteroatoms. The summed E-state index contributed by atoms with van der Waals surface area (Å²) in [5, 5.41) is -0.0190. The normalized spacial score (nSPS) is 9.76. The van der Waals surface area contributed by atoms with Crippen molar-refractivity contribution >= 4 is 17.5 Å². The Morgan fingerprint density at radius 3 is 2.59 bits per heavy atom. The molecule has 17 heavy (non-hydrogen) atoms. The number of nitrogens with zero attached hydrogens (tertiary/aromatic N) is 2. The summed E-state index contributed by atoms with van der Waals surface area (Å²) in [6.07, 6.45) is 4.11. The van der Waals surface area contributed by atoms with Gasteiger partial charge in [-0.3, -0.25) is 4.79 Å². The predicted molar refractivity (Wildman–Crippen MR) is 65.5 cm³/mol. The van der Waals surface area contributed by atoms with E-state index in [1.165, 1.54) is 4.90 Å². The molecule has 90 valence electrons. The van der Waals surface area contributed by atoms with Gasteiger partial charge in [-0.1, -0.05) is 23.8 Å². The van der Waals surface area contributed by atoms with E-state index in [-0.39, 0.29) is 10.7 Å². The number of hydrogen-bond donors (Lipinski definition) is 0. The summed E-state index contributed by atoms with van der Waals surface area (Å²) >= 11 is 5.76. The molecule has 1 aromatic rings. The van der Waals surface area contributed by atoms with Gasteiger partial charge in [-0.25, -0.2) is 9.37 Å². The lowest BCUT2D eigenvalue weighted by Crippen LogP contribution is -2.31. The van der Waals surface area contributed by atoms with Gasteiger partial charge in [0.1, 0.15) is 11.0 Å². The number of amides is 1. The Labute approximate surface area is 104 Å². The van der Waals surface area contributed by atoms with Gasteiger partial charge in [-0.2, -0.15) is 0 Å². The smallest absolute Gasteiger partial charge is 0.257 e. The van der Waals surface area contributed by atoms with Crippen molar-refractivity contribution in [2.24, 2.45) is 0 Å². The Kier molecular flexibility index (Phi) is 4.84. The molecule has 0 aliphatic carbocycles. The van der Waals surface area contributed by atoms with E-state index in [0.29, 0.717) is 13.1 Å². The van der Waals surface area contributed by atoms with Crippen molar-refractivity contribution in [1.82, 2.24) is 9.88 Å². The molecule has 0 aliphatic heterocycles. The van der Waals surface area contributed by atoms with Gasteiger partial charge in [-0.05, 0) is 6.07 Å². The average Bonchev–Trinajstić information content (AvgIpc) is 2.31. The van der Waals surface area contributed by atoms with Crippen LogP contribution in [0.5, 0.6) is 0 Å². The monoisotopic (exact) mass is 254 g/mol. The summed E-state index contributed by atoms with van der Waals surface area (Å²) in [5.41, 5.74) is 0.0374. The SMILES string of the molecule is C=CCN(CC=C)C(=O)c1cc(F)cnc1Cl. The molecule has 1 rings (SSSR count). The molecule has 0 aliphatic rings. The van der Waals surface area contributed by atoms with Crippen molar-refractivity contribution < 1.29 is 9.18 Å². The van der Waals surface area contributed by atoms with E-state index < -0.39 is 11.7 Å². The number of hydrogen-bond acceptors (Lipinski definition) is 2. The summed E-state index contributed by atoms with van der Waals surface area (Å²) in [7, 11) is 0. The van der Waals surface area contributed by atoms with Crippen LogP contribution in [0.4, 0.5) is 4.39 Å². The van der Waals surface area contributed by atoms with Crippen molar-refractivity contribution in [2.45, 2.75) is 0 Å². The maximum Gasteiger partial charge on any atom is 0.257 e. The van der Waals surface area contributed by atoms with Gasteiger partial charge in [0.15, 0.2) is 0 Å². The minimum absolute atomic E-state index is 0.0190. The van der Waals surface area contributed by atoms with Crippen LogP contribution in [-0.2, 0) is 0 Å². The van der Waals surface area contributed by atoms with Gasteiger partial charge in [0.05, 0.1) is 11.8 Å². The van der Waals surface area contributed by atoms with Crippen molar-refractivity contribution in [1.29, 1.82) is 0 Å². The zero-order valence-corrected chi connectivity index (χ0v) is 9.95. The standard InChI is InChI=1S/C12H12ClFN2O/c1-3-5-16(6-4-2)12(17)10-7-9(14)8-15-11(10)13/h3-4,7-8H,1-2,5-6H2. The van der Waals surface area contributed by atoms with Gasteiger partial charge >= 0.3 is 0 Å². The molecule has 0 fully saturated rings. The molecular weight excluding hydrogens is 243 g/mol. The Morgan fingerprint density at radius 2 is 2.06 bits per heavy atom. The lowest BCUT2D eigenvalue weighted by atomic mass is 10.2. The van der Waals surface area contributed by atoms with Gasteiger partial charge in [0.2, 0.25) is 0 Å². The van der Waals surface area contributed by atoms with E-state index in [4.69, 9.17) is 11.6 Å². The van der Waals surface area contributed by atoms with Gasteiger partial charge < -0.3 is 4.90 Å². The fourth-order valence-electron chi connectivity index (χ4n) is 1.29. The van der Waals surface area contributed by atoms with Crippen molar-refractivity contribution in [3.63, 3.8) is 0 Å². The van der Waals surface area contributed by atoms with Crippen LogP contribution in [-0.4, -0.2) is 28.9 Å². The van der Waals surface area contributed by atoms with Gasteiger partial charge in [0, 0.05) is 13.1 Å². The van der Waals surface area contributed by atoms with E-state index in [2.05, 4.69) is 18.1 Å². The average molecular weight is 255 g/mol. The molecular formula is C12H12ClFN2O. The predicted octanol–water partition coefficient (Wildman–Crippen LogP) is 2.69. The summed E-state index contributed by atoms with van der Waals surface area (Å²) in [4.78, 5) is 17.1. The highest BCUT2D eigenvalue weighted by molar-refractivity contribution is 6.32. The van der Waals surface area contributed by atoms with Crippen molar-refractivity contribution in [2.75, 3.05) is 13.1 Å². The lowest BCUT2D eigenvalue weighted by molar-refractivity contribution is 0.0790. The number of halogens is 2. The third-order valence-electron chi connectivity index (χ3n) is 2.02. The van der Waals surface area contributed by atoms with Crippen LogP contribution in [0.15, 0.2) is 37.6 Å². The van der Waals surface area contributed by atoms with Gasteiger partial charge in [0.25, 0.3) is 5.91 Å². The van der Waals surface area contributed by atoms with Crippen LogP contribution in [0.1, 0.15) is 10.4 Å².